The quantitative estimate of drug-likeness (QED) is 0.772. The van der Waals surface area contributed by atoms with Crippen molar-refractivity contribution in [2.24, 2.45) is 17.6 Å². The Hall–Kier alpha value is -0.0800. The van der Waals surface area contributed by atoms with Crippen LogP contribution >= 0.6 is 0 Å². The Kier molecular flexibility index (Phi) is 5.46. The highest BCUT2D eigenvalue weighted by atomic mass is 15.2. The molecule has 0 saturated heterocycles. The van der Waals surface area contributed by atoms with Crippen LogP contribution in [0.2, 0.25) is 0 Å². The molecule has 0 heterocycles. The van der Waals surface area contributed by atoms with Crippen LogP contribution < -0.4 is 5.73 Å². The van der Waals surface area contributed by atoms with Crippen molar-refractivity contribution in [3.05, 3.63) is 0 Å². The molecule has 0 aromatic carbocycles. The van der Waals surface area contributed by atoms with Gasteiger partial charge in [0, 0.05) is 11.6 Å². The Labute approximate surface area is 108 Å². The average molecular weight is 240 g/mol. The third-order valence-electron chi connectivity index (χ3n) is 4.58. The molecule has 17 heavy (non-hydrogen) atoms. The minimum absolute atomic E-state index is 0.283. The third kappa shape index (κ3) is 3.69. The van der Waals surface area contributed by atoms with E-state index in [9.17, 15) is 0 Å². The molecule has 0 radical (unpaired) electrons. The molecule has 0 spiro atoms. The fourth-order valence-corrected chi connectivity index (χ4v) is 3.69. The maximum atomic E-state index is 6.55. The first-order chi connectivity index (χ1) is 7.88. The average Bonchev–Trinajstić information content (AvgIpc) is 2.65. The van der Waals surface area contributed by atoms with Crippen molar-refractivity contribution < 1.29 is 0 Å². The van der Waals surface area contributed by atoms with Crippen LogP contribution in [-0.2, 0) is 0 Å². The lowest BCUT2D eigenvalue weighted by Crippen LogP contribution is -2.56. The highest BCUT2D eigenvalue weighted by Gasteiger charge is 2.41. The molecule has 0 bridgehead atoms. The summed E-state index contributed by atoms with van der Waals surface area (Å²) in [6.45, 7) is 6.97. The van der Waals surface area contributed by atoms with Crippen molar-refractivity contribution in [3.63, 3.8) is 0 Å². The van der Waals surface area contributed by atoms with E-state index in [1.165, 1.54) is 38.5 Å². The largest absolute Gasteiger partial charge is 0.326 e. The highest BCUT2D eigenvalue weighted by molar-refractivity contribution is 5.00. The second kappa shape index (κ2) is 6.19. The summed E-state index contributed by atoms with van der Waals surface area (Å²) >= 11 is 0. The number of hydrogen-bond donors (Lipinski definition) is 1. The van der Waals surface area contributed by atoms with Gasteiger partial charge < -0.3 is 10.6 Å². The summed E-state index contributed by atoms with van der Waals surface area (Å²) in [6, 6.07) is 0.341. The maximum Gasteiger partial charge on any atom is 0.0354 e. The molecule has 2 nitrogen and oxygen atoms in total. The number of rotatable bonds is 6. The highest BCUT2D eigenvalue weighted by Crippen LogP contribution is 2.38. The smallest absolute Gasteiger partial charge is 0.0354 e. The second-order valence-corrected chi connectivity index (χ2v) is 6.78. The van der Waals surface area contributed by atoms with Crippen molar-refractivity contribution >= 4 is 0 Å². The van der Waals surface area contributed by atoms with E-state index in [0.29, 0.717) is 6.04 Å². The summed E-state index contributed by atoms with van der Waals surface area (Å²) in [6.07, 6.45) is 7.76. The predicted molar refractivity (Wildman–Crippen MR) is 76.1 cm³/mol. The third-order valence-corrected chi connectivity index (χ3v) is 4.58. The summed E-state index contributed by atoms with van der Waals surface area (Å²) < 4.78 is 0. The molecule has 2 heteroatoms. The van der Waals surface area contributed by atoms with Crippen LogP contribution in [0.1, 0.15) is 59.3 Å². The van der Waals surface area contributed by atoms with Crippen LogP contribution in [0.15, 0.2) is 0 Å². The summed E-state index contributed by atoms with van der Waals surface area (Å²) in [7, 11) is 4.41. The van der Waals surface area contributed by atoms with Gasteiger partial charge in [0.15, 0.2) is 0 Å². The Bertz CT molecular complexity index is 217. The first kappa shape index (κ1) is 15.0. The van der Waals surface area contributed by atoms with Crippen LogP contribution in [0.5, 0.6) is 0 Å². The molecule has 102 valence electrons. The summed E-state index contributed by atoms with van der Waals surface area (Å²) in [5.74, 6) is 1.54. The van der Waals surface area contributed by atoms with Crippen LogP contribution in [0.3, 0.4) is 0 Å². The SMILES string of the molecule is CC(C)CC(C)CC(N)C1(N(C)C)CCCC1. The van der Waals surface area contributed by atoms with Gasteiger partial charge in [0.1, 0.15) is 0 Å². The van der Waals surface area contributed by atoms with Crippen LogP contribution in [0.25, 0.3) is 0 Å². The van der Waals surface area contributed by atoms with Crippen LogP contribution in [-0.4, -0.2) is 30.6 Å². The molecule has 1 aliphatic carbocycles. The molecule has 0 aromatic heterocycles. The van der Waals surface area contributed by atoms with E-state index in [0.717, 1.165) is 11.8 Å². The summed E-state index contributed by atoms with van der Waals surface area (Å²) in [5, 5.41) is 0. The standard InChI is InChI=1S/C15H32N2/c1-12(2)10-13(3)11-14(16)15(17(4)5)8-6-7-9-15/h12-14H,6-11,16H2,1-5H3. The topological polar surface area (TPSA) is 29.3 Å². The van der Waals surface area contributed by atoms with Gasteiger partial charge in [-0.05, 0) is 51.6 Å². The van der Waals surface area contributed by atoms with Crippen molar-refractivity contribution in [3.8, 4) is 0 Å². The molecule has 2 atom stereocenters. The van der Waals surface area contributed by atoms with E-state index in [1.54, 1.807) is 0 Å². The summed E-state index contributed by atoms with van der Waals surface area (Å²) in [4.78, 5) is 2.40. The second-order valence-electron chi connectivity index (χ2n) is 6.78. The van der Waals surface area contributed by atoms with Gasteiger partial charge in [-0.25, -0.2) is 0 Å². The van der Waals surface area contributed by atoms with Gasteiger partial charge in [-0.1, -0.05) is 33.6 Å². The molecule has 1 rings (SSSR count). The minimum atomic E-state index is 0.283. The van der Waals surface area contributed by atoms with Crippen molar-refractivity contribution in [1.82, 2.24) is 4.90 Å². The monoisotopic (exact) mass is 240 g/mol. The van der Waals surface area contributed by atoms with Gasteiger partial charge in [-0.3, -0.25) is 0 Å². The molecule has 0 aliphatic heterocycles. The Morgan fingerprint density at radius 3 is 2.00 bits per heavy atom. The fourth-order valence-electron chi connectivity index (χ4n) is 3.69. The lowest BCUT2D eigenvalue weighted by molar-refractivity contribution is 0.109. The number of nitrogens with zero attached hydrogens (tertiary/aromatic N) is 1. The zero-order valence-electron chi connectivity index (χ0n) is 12.5. The lowest BCUT2D eigenvalue weighted by Gasteiger charge is -2.42. The molecular formula is C15H32N2. The van der Waals surface area contributed by atoms with Crippen molar-refractivity contribution in [2.45, 2.75) is 70.9 Å². The molecule has 2 unspecified atom stereocenters. The first-order valence-electron chi connectivity index (χ1n) is 7.31. The van der Waals surface area contributed by atoms with E-state index in [2.05, 4.69) is 39.8 Å². The zero-order valence-corrected chi connectivity index (χ0v) is 12.5. The van der Waals surface area contributed by atoms with Crippen molar-refractivity contribution in [1.29, 1.82) is 0 Å². The van der Waals surface area contributed by atoms with Gasteiger partial charge in [-0.15, -0.1) is 0 Å². The van der Waals surface area contributed by atoms with E-state index in [1.807, 2.05) is 0 Å². The van der Waals surface area contributed by atoms with Crippen LogP contribution in [0, 0.1) is 11.8 Å². The number of likely N-dealkylation sites (N-methyl/N-ethyl adjacent to an activating group) is 1. The van der Waals surface area contributed by atoms with Gasteiger partial charge >= 0.3 is 0 Å². The molecule has 1 fully saturated rings. The van der Waals surface area contributed by atoms with E-state index in [4.69, 9.17) is 5.73 Å². The first-order valence-corrected chi connectivity index (χ1v) is 7.31. The molecular weight excluding hydrogens is 208 g/mol. The van der Waals surface area contributed by atoms with E-state index >= 15 is 0 Å². The predicted octanol–water partition coefficient (Wildman–Crippen LogP) is 3.26. The number of hydrogen-bond acceptors (Lipinski definition) is 2. The normalized spacial score (nSPS) is 23.3. The van der Waals surface area contributed by atoms with E-state index in [-0.39, 0.29) is 5.54 Å². The zero-order chi connectivity index (χ0) is 13.1. The summed E-state index contributed by atoms with van der Waals surface area (Å²) in [5.41, 5.74) is 6.83. The fraction of sp³-hybridized carbons (Fsp3) is 1.00. The van der Waals surface area contributed by atoms with Gasteiger partial charge in [0.25, 0.3) is 0 Å². The van der Waals surface area contributed by atoms with Crippen molar-refractivity contribution in [2.75, 3.05) is 14.1 Å². The van der Waals surface area contributed by atoms with Crippen LogP contribution in [0.4, 0.5) is 0 Å². The van der Waals surface area contributed by atoms with Gasteiger partial charge in [0.2, 0.25) is 0 Å². The molecule has 2 N–H and O–H groups in total. The minimum Gasteiger partial charge on any atom is -0.326 e. The molecule has 0 aromatic rings. The molecule has 1 saturated carbocycles. The van der Waals surface area contributed by atoms with Gasteiger partial charge in [-0.2, -0.15) is 0 Å². The number of nitrogens with two attached hydrogens (primary N) is 1. The lowest BCUT2D eigenvalue weighted by atomic mass is 9.80. The van der Waals surface area contributed by atoms with E-state index < -0.39 is 0 Å². The Morgan fingerprint density at radius 1 is 1.06 bits per heavy atom. The Morgan fingerprint density at radius 2 is 1.59 bits per heavy atom. The Balaban J connectivity index is 2.57. The van der Waals surface area contributed by atoms with Gasteiger partial charge in [0.05, 0.1) is 0 Å². The molecule has 0 amide bonds. The maximum absolute atomic E-state index is 6.55. The molecule has 1 aliphatic rings.